The van der Waals surface area contributed by atoms with Crippen molar-refractivity contribution in [2.24, 2.45) is 17.6 Å². The van der Waals surface area contributed by atoms with E-state index in [0.29, 0.717) is 18.4 Å². The lowest BCUT2D eigenvalue weighted by Gasteiger charge is -2.19. The van der Waals surface area contributed by atoms with Crippen LogP contribution in [0.4, 0.5) is 5.69 Å². The van der Waals surface area contributed by atoms with E-state index in [1.54, 1.807) is 0 Å². The molecule has 3 nitrogen and oxygen atoms in total. The summed E-state index contributed by atoms with van der Waals surface area (Å²) in [5.74, 6) is 0.989. The first-order chi connectivity index (χ1) is 9.13. The fourth-order valence-electron chi connectivity index (χ4n) is 3.00. The van der Waals surface area contributed by atoms with Gasteiger partial charge in [0, 0.05) is 11.6 Å². The van der Waals surface area contributed by atoms with Crippen LogP contribution in [0.1, 0.15) is 44.6 Å². The van der Waals surface area contributed by atoms with E-state index < -0.39 is 0 Å². The molecule has 2 atom stereocenters. The summed E-state index contributed by atoms with van der Waals surface area (Å²) in [5, 5.41) is 3.10. The lowest BCUT2D eigenvalue weighted by atomic mass is 9.94. The normalized spacial score (nSPS) is 22.7. The Morgan fingerprint density at radius 3 is 2.79 bits per heavy atom. The summed E-state index contributed by atoms with van der Waals surface area (Å²) in [7, 11) is 0. The second kappa shape index (κ2) is 6.20. The molecule has 3 heteroatoms. The molecule has 3 N–H and O–H groups in total. The van der Waals surface area contributed by atoms with Crippen LogP contribution in [0, 0.1) is 11.8 Å². The standard InChI is InChI=1S/C16H24N2O/c1-11(2)13-7-3-4-9-15(13)18-16(19)14-8-5-6-12(14)10-17/h3-4,7,9,11-12,14H,5-6,8,10,17H2,1-2H3,(H,18,19)/t12-,14-/m1/s1. The van der Waals surface area contributed by atoms with E-state index in [0.717, 1.165) is 24.9 Å². The lowest BCUT2D eigenvalue weighted by Crippen LogP contribution is -2.30. The first-order valence-electron chi connectivity index (χ1n) is 7.23. The number of carbonyl (C=O) groups is 1. The van der Waals surface area contributed by atoms with Crippen molar-refractivity contribution in [2.75, 3.05) is 11.9 Å². The van der Waals surface area contributed by atoms with Gasteiger partial charge in [0.2, 0.25) is 5.91 Å². The Labute approximate surface area is 115 Å². The molecule has 0 radical (unpaired) electrons. The molecule has 1 amide bonds. The van der Waals surface area contributed by atoms with Crippen LogP contribution in [0.2, 0.25) is 0 Å². The molecule has 0 unspecified atom stereocenters. The minimum Gasteiger partial charge on any atom is -0.330 e. The molecule has 0 spiro atoms. The second-order valence-electron chi connectivity index (χ2n) is 5.76. The summed E-state index contributed by atoms with van der Waals surface area (Å²) in [6, 6.07) is 8.05. The number of benzene rings is 1. The average molecular weight is 260 g/mol. The van der Waals surface area contributed by atoms with Crippen molar-refractivity contribution in [3.8, 4) is 0 Å². The third-order valence-electron chi connectivity index (χ3n) is 4.14. The zero-order valence-electron chi connectivity index (χ0n) is 11.9. The van der Waals surface area contributed by atoms with Crippen LogP contribution in [0.5, 0.6) is 0 Å². The predicted molar refractivity (Wildman–Crippen MR) is 79.0 cm³/mol. The van der Waals surface area contributed by atoms with Gasteiger partial charge >= 0.3 is 0 Å². The molecule has 1 aromatic rings. The Balaban J connectivity index is 2.11. The number of rotatable bonds is 4. The number of hydrogen-bond acceptors (Lipinski definition) is 2. The number of nitrogens with one attached hydrogen (secondary N) is 1. The van der Waals surface area contributed by atoms with Crippen molar-refractivity contribution in [3.05, 3.63) is 29.8 Å². The Kier molecular flexibility index (Phi) is 4.59. The summed E-state index contributed by atoms with van der Waals surface area (Å²) in [5.41, 5.74) is 7.90. The molecular formula is C16H24N2O. The van der Waals surface area contributed by atoms with Gasteiger partial charge in [0.1, 0.15) is 0 Å². The van der Waals surface area contributed by atoms with E-state index in [2.05, 4.69) is 25.2 Å². The molecule has 0 aromatic heterocycles. The molecule has 1 aliphatic carbocycles. The summed E-state index contributed by atoms with van der Waals surface area (Å²) in [4.78, 5) is 12.4. The lowest BCUT2D eigenvalue weighted by molar-refractivity contribution is -0.120. The van der Waals surface area contributed by atoms with Gasteiger partial charge in [-0.15, -0.1) is 0 Å². The molecule has 1 fully saturated rings. The molecule has 19 heavy (non-hydrogen) atoms. The van der Waals surface area contributed by atoms with Crippen LogP contribution in [0.15, 0.2) is 24.3 Å². The fraction of sp³-hybridized carbons (Fsp3) is 0.562. The SMILES string of the molecule is CC(C)c1ccccc1NC(=O)[C@@H]1CCC[C@@H]1CN. The summed E-state index contributed by atoms with van der Waals surface area (Å²) < 4.78 is 0. The van der Waals surface area contributed by atoms with E-state index in [4.69, 9.17) is 5.73 Å². The second-order valence-corrected chi connectivity index (χ2v) is 5.76. The molecule has 1 saturated carbocycles. The Morgan fingerprint density at radius 1 is 1.37 bits per heavy atom. The highest BCUT2D eigenvalue weighted by molar-refractivity contribution is 5.93. The number of carbonyl (C=O) groups excluding carboxylic acids is 1. The average Bonchev–Trinajstić information content (AvgIpc) is 2.87. The quantitative estimate of drug-likeness (QED) is 0.874. The molecule has 0 saturated heterocycles. The Morgan fingerprint density at radius 2 is 2.11 bits per heavy atom. The minimum absolute atomic E-state index is 0.0882. The number of hydrogen-bond donors (Lipinski definition) is 2. The molecule has 1 aromatic carbocycles. The molecular weight excluding hydrogens is 236 g/mol. The van der Waals surface area contributed by atoms with Crippen molar-refractivity contribution in [1.82, 2.24) is 0 Å². The van der Waals surface area contributed by atoms with Crippen LogP contribution in [-0.2, 0) is 4.79 Å². The van der Waals surface area contributed by atoms with Gasteiger partial charge in [-0.25, -0.2) is 0 Å². The van der Waals surface area contributed by atoms with Crippen LogP contribution in [0.25, 0.3) is 0 Å². The summed E-state index contributed by atoms with van der Waals surface area (Å²) >= 11 is 0. The fourth-order valence-corrected chi connectivity index (χ4v) is 3.00. The number of nitrogens with two attached hydrogens (primary N) is 1. The van der Waals surface area contributed by atoms with Gasteiger partial charge in [0.05, 0.1) is 0 Å². The Hall–Kier alpha value is -1.35. The zero-order chi connectivity index (χ0) is 13.8. The maximum Gasteiger partial charge on any atom is 0.227 e. The Bertz CT molecular complexity index is 442. The van der Waals surface area contributed by atoms with Gasteiger partial charge in [0.25, 0.3) is 0 Å². The monoisotopic (exact) mass is 260 g/mol. The molecule has 0 bridgehead atoms. The van der Waals surface area contributed by atoms with Gasteiger partial charge in [-0.1, -0.05) is 38.5 Å². The van der Waals surface area contributed by atoms with Crippen LogP contribution in [0.3, 0.4) is 0 Å². The largest absolute Gasteiger partial charge is 0.330 e. The van der Waals surface area contributed by atoms with Gasteiger partial charge in [-0.05, 0) is 42.9 Å². The highest BCUT2D eigenvalue weighted by Gasteiger charge is 2.32. The van der Waals surface area contributed by atoms with E-state index in [9.17, 15) is 4.79 Å². The van der Waals surface area contributed by atoms with Crippen molar-refractivity contribution < 1.29 is 4.79 Å². The predicted octanol–water partition coefficient (Wildman–Crippen LogP) is 3.12. The van der Waals surface area contributed by atoms with Crippen molar-refractivity contribution in [3.63, 3.8) is 0 Å². The first kappa shape index (κ1) is 14.1. The van der Waals surface area contributed by atoms with Crippen molar-refractivity contribution in [2.45, 2.75) is 39.0 Å². The first-order valence-corrected chi connectivity index (χ1v) is 7.23. The van der Waals surface area contributed by atoms with Gasteiger partial charge < -0.3 is 11.1 Å². The summed E-state index contributed by atoms with van der Waals surface area (Å²) in [6.45, 7) is 4.90. The molecule has 0 aliphatic heterocycles. The molecule has 2 rings (SSSR count). The molecule has 0 heterocycles. The van der Waals surface area contributed by atoms with E-state index >= 15 is 0 Å². The topological polar surface area (TPSA) is 55.1 Å². The van der Waals surface area contributed by atoms with Crippen LogP contribution in [-0.4, -0.2) is 12.5 Å². The van der Waals surface area contributed by atoms with Gasteiger partial charge in [0.15, 0.2) is 0 Å². The third kappa shape index (κ3) is 3.16. The number of anilines is 1. The number of para-hydroxylation sites is 1. The maximum atomic E-state index is 12.4. The highest BCUT2D eigenvalue weighted by atomic mass is 16.1. The smallest absolute Gasteiger partial charge is 0.227 e. The highest BCUT2D eigenvalue weighted by Crippen LogP contribution is 2.32. The van der Waals surface area contributed by atoms with Gasteiger partial charge in [-0.2, -0.15) is 0 Å². The third-order valence-corrected chi connectivity index (χ3v) is 4.14. The van der Waals surface area contributed by atoms with Crippen molar-refractivity contribution in [1.29, 1.82) is 0 Å². The molecule has 1 aliphatic rings. The minimum atomic E-state index is 0.0882. The van der Waals surface area contributed by atoms with Crippen LogP contribution >= 0.6 is 0 Å². The van der Waals surface area contributed by atoms with Gasteiger partial charge in [-0.3, -0.25) is 4.79 Å². The van der Waals surface area contributed by atoms with E-state index in [1.807, 2.05) is 18.2 Å². The van der Waals surface area contributed by atoms with Crippen molar-refractivity contribution >= 4 is 11.6 Å². The molecule has 104 valence electrons. The van der Waals surface area contributed by atoms with Crippen LogP contribution < -0.4 is 11.1 Å². The summed E-state index contributed by atoms with van der Waals surface area (Å²) in [6.07, 6.45) is 3.17. The maximum absolute atomic E-state index is 12.4. The number of amides is 1. The zero-order valence-corrected chi connectivity index (χ0v) is 11.9. The van der Waals surface area contributed by atoms with E-state index in [1.165, 1.54) is 5.56 Å². The van der Waals surface area contributed by atoms with E-state index in [-0.39, 0.29) is 11.8 Å².